The summed E-state index contributed by atoms with van der Waals surface area (Å²) in [5.41, 5.74) is 1.42. The van der Waals surface area contributed by atoms with Crippen LogP contribution in [0, 0.1) is 0 Å². The van der Waals surface area contributed by atoms with Crippen molar-refractivity contribution in [2.24, 2.45) is 0 Å². The Balaban J connectivity index is 1.90. The smallest absolute Gasteiger partial charge is 0.387 e. The highest BCUT2D eigenvalue weighted by Crippen LogP contribution is 2.29. The van der Waals surface area contributed by atoms with Crippen LogP contribution in [0.1, 0.15) is 5.56 Å². The molecule has 8 heteroatoms. The number of carbonyl (C=O) groups is 1. The van der Waals surface area contributed by atoms with Crippen LogP contribution in [0.15, 0.2) is 42.5 Å². The molecule has 6 nitrogen and oxygen atoms in total. The minimum absolute atomic E-state index is 0.0979. The fourth-order valence-corrected chi connectivity index (χ4v) is 2.48. The molecule has 146 valence electrons. The molecule has 0 saturated heterocycles. The van der Waals surface area contributed by atoms with Crippen molar-refractivity contribution in [1.29, 1.82) is 0 Å². The second-order valence-corrected chi connectivity index (χ2v) is 5.81. The van der Waals surface area contributed by atoms with Gasteiger partial charge in [-0.3, -0.25) is 9.69 Å². The summed E-state index contributed by atoms with van der Waals surface area (Å²) in [7, 11) is 4.85. The highest BCUT2D eigenvalue weighted by molar-refractivity contribution is 5.93. The fraction of sp³-hybridized carbons (Fsp3) is 0.316. The van der Waals surface area contributed by atoms with E-state index in [0.717, 1.165) is 5.56 Å². The van der Waals surface area contributed by atoms with Crippen molar-refractivity contribution in [3.05, 3.63) is 48.0 Å². The van der Waals surface area contributed by atoms with Crippen LogP contribution >= 0.6 is 0 Å². The Labute approximate surface area is 156 Å². The molecule has 2 aromatic carbocycles. The Morgan fingerprint density at radius 3 is 2.33 bits per heavy atom. The van der Waals surface area contributed by atoms with Crippen LogP contribution in [0.3, 0.4) is 0 Å². The monoisotopic (exact) mass is 380 g/mol. The van der Waals surface area contributed by atoms with Crippen molar-refractivity contribution in [2.45, 2.75) is 13.2 Å². The van der Waals surface area contributed by atoms with Gasteiger partial charge in [0.05, 0.1) is 26.5 Å². The number of hydrogen-bond acceptors (Lipinski definition) is 5. The predicted octanol–water partition coefficient (Wildman–Crippen LogP) is 3.38. The fourth-order valence-electron chi connectivity index (χ4n) is 2.48. The number of nitrogens with one attached hydrogen (secondary N) is 1. The van der Waals surface area contributed by atoms with Crippen LogP contribution in [-0.2, 0) is 11.3 Å². The number of likely N-dealkylation sites (N-methyl/N-ethyl adjacent to an activating group) is 1. The Kier molecular flexibility index (Phi) is 7.36. The van der Waals surface area contributed by atoms with Crippen molar-refractivity contribution >= 4 is 11.6 Å². The Morgan fingerprint density at radius 1 is 1.07 bits per heavy atom. The first-order valence-electron chi connectivity index (χ1n) is 8.15. The lowest BCUT2D eigenvalue weighted by molar-refractivity contribution is -0.117. The summed E-state index contributed by atoms with van der Waals surface area (Å²) in [6, 6.07) is 11.4. The number of ether oxygens (including phenoxy) is 3. The lowest BCUT2D eigenvalue weighted by Gasteiger charge is -2.17. The minimum atomic E-state index is -2.85. The molecule has 2 rings (SSSR count). The van der Waals surface area contributed by atoms with E-state index < -0.39 is 6.61 Å². The Hall–Kier alpha value is -2.87. The van der Waals surface area contributed by atoms with Gasteiger partial charge in [0, 0.05) is 12.6 Å². The summed E-state index contributed by atoms with van der Waals surface area (Å²) in [6.07, 6.45) is 0. The Morgan fingerprint density at radius 2 is 1.74 bits per heavy atom. The van der Waals surface area contributed by atoms with E-state index in [1.807, 2.05) is 0 Å². The maximum atomic E-state index is 12.3. The average Bonchev–Trinajstić information content (AvgIpc) is 2.63. The third kappa shape index (κ3) is 6.41. The molecule has 0 atom stereocenters. The maximum absolute atomic E-state index is 12.3. The molecule has 1 amide bonds. The first-order valence-corrected chi connectivity index (χ1v) is 8.15. The van der Waals surface area contributed by atoms with Gasteiger partial charge in [0.25, 0.3) is 0 Å². The molecule has 1 N–H and O–H groups in total. The first-order chi connectivity index (χ1) is 12.9. The number of benzene rings is 2. The van der Waals surface area contributed by atoms with Crippen molar-refractivity contribution in [3.8, 4) is 17.2 Å². The maximum Gasteiger partial charge on any atom is 0.387 e. The van der Waals surface area contributed by atoms with E-state index in [4.69, 9.17) is 9.47 Å². The van der Waals surface area contributed by atoms with E-state index in [-0.39, 0.29) is 18.2 Å². The molecule has 0 radical (unpaired) electrons. The van der Waals surface area contributed by atoms with Crippen molar-refractivity contribution in [1.82, 2.24) is 4.90 Å². The number of nitrogens with zero attached hydrogens (tertiary/aromatic N) is 1. The van der Waals surface area contributed by atoms with Crippen LogP contribution in [0.5, 0.6) is 17.2 Å². The third-order valence-electron chi connectivity index (χ3n) is 3.70. The summed E-state index contributed by atoms with van der Waals surface area (Å²) in [4.78, 5) is 14.1. The van der Waals surface area contributed by atoms with Gasteiger partial charge in [0.15, 0.2) is 0 Å². The molecular formula is C19H22F2N2O4. The van der Waals surface area contributed by atoms with E-state index in [1.165, 1.54) is 19.2 Å². The molecule has 2 aromatic rings. The normalized spacial score (nSPS) is 10.8. The molecule has 0 aromatic heterocycles. The van der Waals surface area contributed by atoms with Gasteiger partial charge < -0.3 is 19.5 Å². The van der Waals surface area contributed by atoms with Gasteiger partial charge in [0.2, 0.25) is 5.91 Å². The van der Waals surface area contributed by atoms with E-state index in [1.54, 1.807) is 49.4 Å². The number of hydrogen-bond donors (Lipinski definition) is 1. The molecule has 0 aliphatic heterocycles. The van der Waals surface area contributed by atoms with Gasteiger partial charge >= 0.3 is 6.61 Å². The molecule has 0 unspecified atom stereocenters. The summed E-state index contributed by atoms with van der Waals surface area (Å²) in [5, 5.41) is 2.80. The molecule has 0 heterocycles. The molecule has 27 heavy (non-hydrogen) atoms. The second-order valence-electron chi connectivity index (χ2n) is 5.81. The molecule has 0 saturated carbocycles. The topological polar surface area (TPSA) is 60.0 Å². The number of anilines is 1. The quantitative estimate of drug-likeness (QED) is 0.723. The van der Waals surface area contributed by atoms with Gasteiger partial charge in [0.1, 0.15) is 17.2 Å². The lowest BCUT2D eigenvalue weighted by atomic mass is 10.2. The standard InChI is InChI=1S/C19H22F2N2O4/c1-23(11-13-4-6-14(7-5-13)27-19(20)21)12-18(24)22-16-9-8-15(25-2)10-17(16)26-3/h4-10,19H,11-12H2,1-3H3,(H,22,24). The average molecular weight is 380 g/mol. The molecular weight excluding hydrogens is 358 g/mol. The van der Waals surface area contributed by atoms with Crippen molar-refractivity contribution in [2.75, 3.05) is 33.1 Å². The van der Waals surface area contributed by atoms with Crippen LogP contribution in [0.4, 0.5) is 14.5 Å². The molecule has 0 spiro atoms. The van der Waals surface area contributed by atoms with Gasteiger partial charge in [-0.2, -0.15) is 8.78 Å². The highest BCUT2D eigenvalue weighted by Gasteiger charge is 2.12. The molecule has 0 bridgehead atoms. The summed E-state index contributed by atoms with van der Waals surface area (Å²) < 4.78 is 39.0. The van der Waals surface area contributed by atoms with Crippen LogP contribution in [0.2, 0.25) is 0 Å². The number of methoxy groups -OCH3 is 2. The van der Waals surface area contributed by atoms with Crippen LogP contribution < -0.4 is 19.5 Å². The van der Waals surface area contributed by atoms with Crippen molar-refractivity contribution < 1.29 is 27.8 Å². The van der Waals surface area contributed by atoms with E-state index in [9.17, 15) is 13.6 Å². The second kappa shape index (κ2) is 9.72. The summed E-state index contributed by atoms with van der Waals surface area (Å²) in [6.45, 7) is -2.23. The molecule has 0 fully saturated rings. The lowest BCUT2D eigenvalue weighted by Crippen LogP contribution is -2.29. The molecule has 0 aliphatic carbocycles. The summed E-state index contributed by atoms with van der Waals surface area (Å²) >= 11 is 0. The van der Waals surface area contributed by atoms with Crippen molar-refractivity contribution in [3.63, 3.8) is 0 Å². The molecule has 0 aliphatic rings. The van der Waals surface area contributed by atoms with Crippen LogP contribution in [0.25, 0.3) is 0 Å². The van der Waals surface area contributed by atoms with Gasteiger partial charge in [-0.15, -0.1) is 0 Å². The van der Waals surface area contributed by atoms with Gasteiger partial charge in [-0.05, 0) is 36.9 Å². The third-order valence-corrected chi connectivity index (χ3v) is 3.70. The number of carbonyl (C=O) groups excluding carboxylic acids is 1. The SMILES string of the molecule is COc1ccc(NC(=O)CN(C)Cc2ccc(OC(F)F)cc2)c(OC)c1. The van der Waals surface area contributed by atoms with Crippen LogP contribution in [-0.4, -0.2) is 45.2 Å². The zero-order chi connectivity index (χ0) is 19.8. The number of alkyl halides is 2. The minimum Gasteiger partial charge on any atom is -0.497 e. The van der Waals surface area contributed by atoms with E-state index in [2.05, 4.69) is 10.1 Å². The van der Waals surface area contributed by atoms with E-state index in [0.29, 0.717) is 23.7 Å². The Bertz CT molecular complexity index is 754. The number of halogens is 2. The number of rotatable bonds is 9. The predicted molar refractivity (Wildman–Crippen MR) is 97.6 cm³/mol. The van der Waals surface area contributed by atoms with E-state index >= 15 is 0 Å². The highest BCUT2D eigenvalue weighted by atomic mass is 19.3. The number of amides is 1. The zero-order valence-electron chi connectivity index (χ0n) is 15.4. The first kappa shape index (κ1) is 20.4. The summed E-state index contributed by atoms with van der Waals surface area (Å²) in [5.74, 6) is 1.01. The van der Waals surface area contributed by atoms with Gasteiger partial charge in [-0.1, -0.05) is 12.1 Å². The largest absolute Gasteiger partial charge is 0.497 e. The zero-order valence-corrected chi connectivity index (χ0v) is 15.4. The van der Waals surface area contributed by atoms with Gasteiger partial charge in [-0.25, -0.2) is 0 Å².